The Morgan fingerprint density at radius 3 is 2.90 bits per heavy atom. The first kappa shape index (κ1) is 13.5. The average molecular weight is 288 g/mol. The maximum atomic E-state index is 12.5. The van der Waals surface area contributed by atoms with E-state index in [2.05, 4.69) is 15.6 Å². The lowest BCUT2D eigenvalue weighted by Gasteiger charge is -2.38. The van der Waals surface area contributed by atoms with Crippen molar-refractivity contribution in [2.75, 3.05) is 13.1 Å². The van der Waals surface area contributed by atoms with Gasteiger partial charge in [-0.25, -0.2) is 4.79 Å². The smallest absolute Gasteiger partial charge is 0.322 e. The van der Waals surface area contributed by atoms with Crippen LogP contribution in [0.2, 0.25) is 0 Å². The van der Waals surface area contributed by atoms with Crippen molar-refractivity contribution in [3.05, 3.63) is 29.6 Å². The molecule has 2 fully saturated rings. The first-order valence-corrected chi connectivity index (χ1v) is 6.86. The third kappa shape index (κ3) is 2.35. The predicted octanol–water partition coefficient (Wildman–Crippen LogP) is 0.204. The maximum Gasteiger partial charge on any atom is 0.322 e. The van der Waals surface area contributed by atoms with E-state index in [9.17, 15) is 14.4 Å². The van der Waals surface area contributed by atoms with Crippen LogP contribution >= 0.6 is 0 Å². The second-order valence-corrected chi connectivity index (χ2v) is 5.51. The SMILES string of the molecule is Cc1cc(C(=O)N2CCCC3(C2)NC(=O)NC3=O)ccn1. The molecule has 1 spiro atoms. The number of urea groups is 1. The molecule has 0 radical (unpaired) electrons. The third-order valence-corrected chi connectivity index (χ3v) is 3.94. The standard InChI is InChI=1S/C14H16N4O3/c1-9-7-10(3-5-15-9)11(19)18-6-2-4-14(8-18)12(20)16-13(21)17-14/h3,5,7H,2,4,6,8H2,1H3,(H2,16,17,20,21). The van der Waals surface area contributed by atoms with Crippen LogP contribution in [0, 0.1) is 6.92 Å². The van der Waals surface area contributed by atoms with Gasteiger partial charge < -0.3 is 10.2 Å². The number of aryl methyl sites for hydroxylation is 1. The van der Waals surface area contributed by atoms with Gasteiger partial charge in [-0.3, -0.25) is 19.9 Å². The van der Waals surface area contributed by atoms with Gasteiger partial charge in [0.15, 0.2) is 0 Å². The summed E-state index contributed by atoms with van der Waals surface area (Å²) in [5.74, 6) is -0.496. The van der Waals surface area contributed by atoms with E-state index in [1.165, 1.54) is 0 Å². The number of carbonyl (C=O) groups excluding carboxylic acids is 3. The Morgan fingerprint density at radius 1 is 1.43 bits per heavy atom. The van der Waals surface area contributed by atoms with Crippen molar-refractivity contribution in [1.82, 2.24) is 20.5 Å². The van der Waals surface area contributed by atoms with Crippen molar-refractivity contribution in [3.8, 4) is 0 Å². The molecule has 7 nitrogen and oxygen atoms in total. The minimum absolute atomic E-state index is 0.145. The summed E-state index contributed by atoms with van der Waals surface area (Å²) >= 11 is 0. The zero-order chi connectivity index (χ0) is 15.0. The molecule has 21 heavy (non-hydrogen) atoms. The summed E-state index contributed by atoms with van der Waals surface area (Å²) in [6.45, 7) is 2.59. The van der Waals surface area contributed by atoms with Crippen LogP contribution in [0.3, 0.4) is 0 Å². The Balaban J connectivity index is 1.82. The van der Waals surface area contributed by atoms with Gasteiger partial charge in [0.25, 0.3) is 11.8 Å². The van der Waals surface area contributed by atoms with Crippen LogP contribution < -0.4 is 10.6 Å². The second kappa shape index (κ2) is 4.83. The van der Waals surface area contributed by atoms with Gasteiger partial charge in [0.05, 0.1) is 6.54 Å². The van der Waals surface area contributed by atoms with Crippen LogP contribution in [0.4, 0.5) is 4.79 Å². The number of aromatic nitrogens is 1. The number of amides is 4. The van der Waals surface area contributed by atoms with E-state index in [1.807, 2.05) is 6.92 Å². The summed E-state index contributed by atoms with van der Waals surface area (Å²) < 4.78 is 0. The van der Waals surface area contributed by atoms with Crippen LogP contribution in [-0.4, -0.2) is 46.4 Å². The number of imide groups is 1. The van der Waals surface area contributed by atoms with Gasteiger partial charge >= 0.3 is 6.03 Å². The molecule has 1 unspecified atom stereocenters. The molecule has 0 bridgehead atoms. The van der Waals surface area contributed by atoms with E-state index in [-0.39, 0.29) is 18.4 Å². The molecule has 2 aliphatic rings. The van der Waals surface area contributed by atoms with Crippen molar-refractivity contribution in [2.24, 2.45) is 0 Å². The highest BCUT2D eigenvalue weighted by Gasteiger charge is 2.49. The highest BCUT2D eigenvalue weighted by Crippen LogP contribution is 2.25. The molecule has 3 heterocycles. The molecule has 0 aliphatic carbocycles. The lowest BCUT2D eigenvalue weighted by molar-refractivity contribution is -0.125. The number of hydrogen-bond donors (Lipinski definition) is 2. The van der Waals surface area contributed by atoms with E-state index in [4.69, 9.17) is 0 Å². The molecule has 3 rings (SSSR count). The molecular weight excluding hydrogens is 272 g/mol. The summed E-state index contributed by atoms with van der Waals surface area (Å²) in [7, 11) is 0. The fourth-order valence-electron chi connectivity index (χ4n) is 2.91. The number of rotatable bonds is 1. The highest BCUT2D eigenvalue weighted by atomic mass is 16.2. The van der Waals surface area contributed by atoms with Gasteiger partial charge in [0.2, 0.25) is 0 Å². The lowest BCUT2D eigenvalue weighted by atomic mass is 9.89. The molecule has 2 saturated heterocycles. The topological polar surface area (TPSA) is 91.4 Å². The molecule has 0 saturated carbocycles. The Labute approximate surface area is 121 Å². The molecule has 1 aromatic rings. The van der Waals surface area contributed by atoms with E-state index in [0.29, 0.717) is 24.9 Å². The molecular formula is C14H16N4O3. The van der Waals surface area contributed by atoms with E-state index >= 15 is 0 Å². The molecule has 2 N–H and O–H groups in total. The van der Waals surface area contributed by atoms with Crippen molar-refractivity contribution in [2.45, 2.75) is 25.3 Å². The number of likely N-dealkylation sites (tertiary alicyclic amines) is 1. The largest absolute Gasteiger partial charge is 0.336 e. The van der Waals surface area contributed by atoms with Crippen molar-refractivity contribution in [3.63, 3.8) is 0 Å². The van der Waals surface area contributed by atoms with E-state index in [0.717, 1.165) is 5.69 Å². The zero-order valence-corrected chi connectivity index (χ0v) is 11.7. The summed E-state index contributed by atoms with van der Waals surface area (Å²) in [6, 6.07) is 2.88. The second-order valence-electron chi connectivity index (χ2n) is 5.51. The summed E-state index contributed by atoms with van der Waals surface area (Å²) in [5.41, 5.74) is 0.330. The Kier molecular flexibility index (Phi) is 3.12. The molecule has 4 amide bonds. The predicted molar refractivity (Wildman–Crippen MR) is 73.5 cm³/mol. The normalized spacial score (nSPS) is 24.9. The van der Waals surface area contributed by atoms with Crippen LogP contribution in [0.1, 0.15) is 28.9 Å². The minimum atomic E-state index is -0.979. The van der Waals surface area contributed by atoms with Crippen LogP contribution in [0.5, 0.6) is 0 Å². The Hall–Kier alpha value is -2.44. The Bertz CT molecular complexity index is 630. The first-order valence-electron chi connectivity index (χ1n) is 6.86. The number of carbonyl (C=O) groups is 3. The third-order valence-electron chi connectivity index (χ3n) is 3.94. The van der Waals surface area contributed by atoms with Gasteiger partial charge in [-0.05, 0) is 31.9 Å². The van der Waals surface area contributed by atoms with Crippen molar-refractivity contribution >= 4 is 17.8 Å². The average Bonchev–Trinajstić information content (AvgIpc) is 2.72. The van der Waals surface area contributed by atoms with E-state index < -0.39 is 11.6 Å². The fraction of sp³-hybridized carbons (Fsp3) is 0.429. The van der Waals surface area contributed by atoms with Gasteiger partial charge in [0.1, 0.15) is 5.54 Å². The number of nitrogens with zero attached hydrogens (tertiary/aromatic N) is 2. The molecule has 1 aromatic heterocycles. The summed E-state index contributed by atoms with van der Waals surface area (Å²) in [5, 5.41) is 4.91. The van der Waals surface area contributed by atoms with E-state index in [1.54, 1.807) is 23.2 Å². The Morgan fingerprint density at radius 2 is 2.24 bits per heavy atom. The summed E-state index contributed by atoms with van der Waals surface area (Å²) in [4.78, 5) is 41.6. The van der Waals surface area contributed by atoms with Gasteiger partial charge in [0, 0.05) is 24.0 Å². The molecule has 0 aromatic carbocycles. The molecule has 7 heteroatoms. The number of pyridine rings is 1. The zero-order valence-electron chi connectivity index (χ0n) is 11.7. The van der Waals surface area contributed by atoms with Crippen LogP contribution in [0.25, 0.3) is 0 Å². The van der Waals surface area contributed by atoms with Gasteiger partial charge in [-0.15, -0.1) is 0 Å². The number of hydrogen-bond acceptors (Lipinski definition) is 4. The van der Waals surface area contributed by atoms with Crippen LogP contribution in [-0.2, 0) is 4.79 Å². The number of piperidine rings is 1. The molecule has 2 aliphatic heterocycles. The highest BCUT2D eigenvalue weighted by molar-refractivity contribution is 6.07. The lowest BCUT2D eigenvalue weighted by Crippen LogP contribution is -2.59. The quantitative estimate of drug-likeness (QED) is 0.722. The van der Waals surface area contributed by atoms with Gasteiger partial charge in [-0.1, -0.05) is 0 Å². The molecule has 1 atom stereocenters. The first-order chi connectivity index (χ1) is 10.00. The van der Waals surface area contributed by atoms with Crippen molar-refractivity contribution < 1.29 is 14.4 Å². The number of nitrogens with one attached hydrogen (secondary N) is 2. The maximum absolute atomic E-state index is 12.5. The summed E-state index contributed by atoms with van der Waals surface area (Å²) in [6.07, 6.45) is 2.81. The van der Waals surface area contributed by atoms with Crippen LogP contribution in [0.15, 0.2) is 18.3 Å². The monoisotopic (exact) mass is 288 g/mol. The molecule has 110 valence electrons. The fourth-order valence-corrected chi connectivity index (χ4v) is 2.91. The van der Waals surface area contributed by atoms with Gasteiger partial charge in [-0.2, -0.15) is 0 Å². The minimum Gasteiger partial charge on any atom is -0.336 e. The van der Waals surface area contributed by atoms with Crippen molar-refractivity contribution in [1.29, 1.82) is 0 Å².